The van der Waals surface area contributed by atoms with Crippen LogP contribution in [-0.2, 0) is 14.6 Å². The van der Waals surface area contributed by atoms with Gasteiger partial charge in [-0.3, -0.25) is 4.79 Å². The molecule has 1 unspecified atom stereocenters. The number of rotatable bonds is 7. The molecule has 2 aromatic rings. The molecule has 2 fully saturated rings. The normalized spacial score (nSPS) is 21.0. The average molecular weight is 421 g/mol. The quantitative estimate of drug-likeness (QED) is 0.639. The average Bonchev–Trinajstić information content (AvgIpc) is 3.34. The van der Waals surface area contributed by atoms with E-state index in [0.29, 0.717) is 24.0 Å². The van der Waals surface area contributed by atoms with Crippen LogP contribution in [0.25, 0.3) is 5.69 Å². The molecule has 2 aliphatic rings. The van der Waals surface area contributed by atoms with Crippen LogP contribution >= 0.6 is 11.8 Å². The maximum atomic E-state index is 12.7. The van der Waals surface area contributed by atoms with E-state index in [-0.39, 0.29) is 29.2 Å². The largest absolute Gasteiger partial charge is 0.338 e. The molecule has 7 nitrogen and oxygen atoms in total. The molecule has 1 amide bonds. The zero-order valence-corrected chi connectivity index (χ0v) is 17.5. The first-order valence-electron chi connectivity index (χ1n) is 9.62. The molecule has 0 spiro atoms. The molecule has 1 aromatic carbocycles. The Balaban J connectivity index is 1.45. The highest BCUT2D eigenvalue weighted by atomic mass is 32.2. The third-order valence-electron chi connectivity index (χ3n) is 5.19. The number of carbonyl (C=O) groups is 1. The van der Waals surface area contributed by atoms with E-state index >= 15 is 0 Å². The summed E-state index contributed by atoms with van der Waals surface area (Å²) >= 11 is 1.32. The van der Waals surface area contributed by atoms with Crippen LogP contribution in [-0.4, -0.2) is 63.8 Å². The van der Waals surface area contributed by atoms with E-state index in [1.165, 1.54) is 11.8 Å². The molecule has 1 aliphatic carbocycles. The molecule has 150 valence electrons. The molecule has 1 aliphatic heterocycles. The number of para-hydroxylation sites is 1. The highest BCUT2D eigenvalue weighted by molar-refractivity contribution is 7.99. The lowest BCUT2D eigenvalue weighted by Gasteiger charge is -2.26. The van der Waals surface area contributed by atoms with Crippen molar-refractivity contribution in [2.75, 3.05) is 23.8 Å². The molecule has 0 bridgehead atoms. The van der Waals surface area contributed by atoms with Gasteiger partial charge >= 0.3 is 0 Å². The number of thioether (sulfide) groups is 1. The number of carbonyl (C=O) groups excluding carboxylic acids is 1. The van der Waals surface area contributed by atoms with Crippen molar-refractivity contribution < 1.29 is 13.2 Å². The van der Waals surface area contributed by atoms with Crippen molar-refractivity contribution >= 4 is 27.5 Å². The van der Waals surface area contributed by atoms with Gasteiger partial charge in [-0.1, -0.05) is 30.0 Å². The highest BCUT2D eigenvalue weighted by Crippen LogP contribution is 2.40. The Bertz CT molecular complexity index is 955. The zero-order chi connectivity index (χ0) is 19.7. The molecule has 1 saturated carbocycles. The van der Waals surface area contributed by atoms with E-state index < -0.39 is 9.84 Å². The third kappa shape index (κ3) is 4.25. The predicted octanol–water partition coefficient (Wildman–Crippen LogP) is 2.27. The summed E-state index contributed by atoms with van der Waals surface area (Å²) in [6.45, 7) is 2.40. The van der Waals surface area contributed by atoms with E-state index in [9.17, 15) is 13.2 Å². The summed E-state index contributed by atoms with van der Waals surface area (Å²) < 4.78 is 25.4. The summed E-state index contributed by atoms with van der Waals surface area (Å²) in [6.07, 6.45) is 2.77. The Morgan fingerprint density at radius 2 is 2.00 bits per heavy atom. The van der Waals surface area contributed by atoms with Crippen molar-refractivity contribution in [2.24, 2.45) is 0 Å². The Morgan fingerprint density at radius 3 is 2.61 bits per heavy atom. The van der Waals surface area contributed by atoms with Gasteiger partial charge in [-0.2, -0.15) is 0 Å². The minimum atomic E-state index is -3.02. The van der Waals surface area contributed by atoms with Crippen LogP contribution in [0.5, 0.6) is 0 Å². The smallest absolute Gasteiger partial charge is 0.233 e. The van der Waals surface area contributed by atoms with Gasteiger partial charge in [0, 0.05) is 18.5 Å². The number of nitrogens with zero attached hydrogens (tertiary/aromatic N) is 4. The molecule has 4 rings (SSSR count). The Labute approximate surface area is 169 Å². The minimum absolute atomic E-state index is 0.0568. The van der Waals surface area contributed by atoms with Crippen LogP contribution in [0.1, 0.15) is 37.9 Å². The van der Waals surface area contributed by atoms with Crippen LogP contribution < -0.4 is 0 Å². The standard InChI is InChI=1S/C19H24N4O3S2/c1-2-22(16-10-11-28(25,26)13-16)17(24)12-27-19-20-18(14-8-9-14)23(21-19)15-6-4-3-5-7-15/h3-7,14,16H,2,8-13H2,1H3. The fourth-order valence-corrected chi connectivity index (χ4v) is 6.05. The zero-order valence-electron chi connectivity index (χ0n) is 15.8. The van der Waals surface area contributed by atoms with Crippen LogP contribution in [0.15, 0.2) is 35.5 Å². The van der Waals surface area contributed by atoms with Gasteiger partial charge in [-0.25, -0.2) is 18.1 Å². The van der Waals surface area contributed by atoms with Crippen molar-refractivity contribution in [1.29, 1.82) is 0 Å². The summed E-state index contributed by atoms with van der Waals surface area (Å²) in [5.41, 5.74) is 0.974. The molecule has 2 heterocycles. The van der Waals surface area contributed by atoms with Gasteiger partial charge in [0.1, 0.15) is 5.82 Å². The third-order valence-corrected chi connectivity index (χ3v) is 7.76. The minimum Gasteiger partial charge on any atom is -0.338 e. The molecule has 0 radical (unpaired) electrons. The first-order chi connectivity index (χ1) is 13.5. The lowest BCUT2D eigenvalue weighted by Crippen LogP contribution is -2.41. The van der Waals surface area contributed by atoms with Gasteiger partial charge in [-0.05, 0) is 38.3 Å². The van der Waals surface area contributed by atoms with E-state index in [4.69, 9.17) is 0 Å². The fraction of sp³-hybridized carbons (Fsp3) is 0.526. The molecule has 1 saturated heterocycles. The Morgan fingerprint density at radius 1 is 1.25 bits per heavy atom. The number of hydrogen-bond acceptors (Lipinski definition) is 6. The van der Waals surface area contributed by atoms with Gasteiger partial charge in [0.15, 0.2) is 9.84 Å². The molecule has 9 heteroatoms. The first kappa shape index (κ1) is 19.4. The summed E-state index contributed by atoms with van der Waals surface area (Å²) in [5, 5.41) is 5.21. The second-order valence-electron chi connectivity index (χ2n) is 7.30. The van der Waals surface area contributed by atoms with Gasteiger partial charge in [0.05, 0.1) is 22.9 Å². The number of hydrogen-bond donors (Lipinski definition) is 0. The van der Waals surface area contributed by atoms with Crippen LogP contribution in [0.3, 0.4) is 0 Å². The van der Waals surface area contributed by atoms with Gasteiger partial charge < -0.3 is 4.90 Å². The van der Waals surface area contributed by atoms with E-state index in [1.807, 2.05) is 41.9 Å². The van der Waals surface area contributed by atoms with Crippen molar-refractivity contribution in [1.82, 2.24) is 19.7 Å². The van der Waals surface area contributed by atoms with E-state index in [1.54, 1.807) is 4.90 Å². The fourth-order valence-electron chi connectivity index (χ4n) is 3.60. The molecule has 28 heavy (non-hydrogen) atoms. The highest BCUT2D eigenvalue weighted by Gasteiger charge is 2.34. The lowest BCUT2D eigenvalue weighted by atomic mass is 10.2. The predicted molar refractivity (Wildman–Crippen MR) is 109 cm³/mol. The number of sulfone groups is 1. The molecule has 0 N–H and O–H groups in total. The van der Waals surface area contributed by atoms with Gasteiger partial charge in [0.2, 0.25) is 11.1 Å². The maximum Gasteiger partial charge on any atom is 0.233 e. The summed E-state index contributed by atoms with van der Waals surface area (Å²) in [4.78, 5) is 19.1. The van der Waals surface area contributed by atoms with Gasteiger partial charge in [0.25, 0.3) is 0 Å². The van der Waals surface area contributed by atoms with E-state index in [0.717, 1.165) is 24.4 Å². The summed E-state index contributed by atoms with van der Waals surface area (Å²) in [7, 11) is -3.02. The van der Waals surface area contributed by atoms with Crippen LogP contribution in [0.2, 0.25) is 0 Å². The Hall–Kier alpha value is -1.87. The van der Waals surface area contributed by atoms with Crippen molar-refractivity contribution in [3.8, 4) is 5.69 Å². The van der Waals surface area contributed by atoms with Crippen LogP contribution in [0.4, 0.5) is 0 Å². The molecular formula is C19H24N4O3S2. The van der Waals surface area contributed by atoms with Crippen molar-refractivity contribution in [3.63, 3.8) is 0 Å². The van der Waals surface area contributed by atoms with Crippen molar-refractivity contribution in [3.05, 3.63) is 36.2 Å². The van der Waals surface area contributed by atoms with E-state index in [2.05, 4.69) is 10.1 Å². The number of amides is 1. The lowest BCUT2D eigenvalue weighted by molar-refractivity contribution is -0.129. The van der Waals surface area contributed by atoms with Crippen LogP contribution in [0, 0.1) is 0 Å². The Kier molecular flexibility index (Phi) is 5.46. The molecule has 1 atom stereocenters. The second-order valence-corrected chi connectivity index (χ2v) is 10.5. The number of aromatic nitrogens is 3. The van der Waals surface area contributed by atoms with Crippen molar-refractivity contribution in [2.45, 2.75) is 43.3 Å². The second kappa shape index (κ2) is 7.87. The summed E-state index contributed by atoms with van der Waals surface area (Å²) in [5.74, 6) is 1.79. The first-order valence-corrected chi connectivity index (χ1v) is 12.4. The van der Waals surface area contributed by atoms with Gasteiger partial charge in [-0.15, -0.1) is 5.10 Å². The number of benzene rings is 1. The topological polar surface area (TPSA) is 85.2 Å². The maximum absolute atomic E-state index is 12.7. The SMILES string of the molecule is CCN(C(=O)CSc1nc(C2CC2)n(-c2ccccc2)n1)C1CCS(=O)(=O)C1. The monoisotopic (exact) mass is 420 g/mol. The molecular weight excluding hydrogens is 396 g/mol. The molecule has 1 aromatic heterocycles. The summed E-state index contributed by atoms with van der Waals surface area (Å²) in [6, 6.07) is 9.70.